The Labute approximate surface area is 143 Å². The monoisotopic (exact) mass is 333 g/mol. The van der Waals surface area contributed by atoms with Crippen LogP contribution >= 0.6 is 12.4 Å². The van der Waals surface area contributed by atoms with E-state index in [4.69, 9.17) is 0 Å². The fourth-order valence-electron chi connectivity index (χ4n) is 8.00. The van der Waals surface area contributed by atoms with Crippen molar-refractivity contribution in [2.45, 2.75) is 31.7 Å². The van der Waals surface area contributed by atoms with Crippen molar-refractivity contribution in [2.24, 2.45) is 47.3 Å². The van der Waals surface area contributed by atoms with Crippen LogP contribution in [0.4, 0.5) is 4.39 Å². The van der Waals surface area contributed by atoms with Crippen LogP contribution in [0, 0.1) is 53.2 Å². The topological polar surface area (TPSA) is 12.0 Å². The van der Waals surface area contributed by atoms with Gasteiger partial charge >= 0.3 is 0 Å². The molecule has 0 aromatic heterocycles. The van der Waals surface area contributed by atoms with Crippen molar-refractivity contribution < 1.29 is 4.39 Å². The second-order valence-electron chi connectivity index (χ2n) is 8.65. The predicted octanol–water partition coefficient (Wildman–Crippen LogP) is 3.92. The van der Waals surface area contributed by atoms with Crippen LogP contribution < -0.4 is 5.32 Å². The van der Waals surface area contributed by atoms with E-state index < -0.39 is 0 Å². The largest absolute Gasteiger partial charge is 0.313 e. The van der Waals surface area contributed by atoms with Crippen LogP contribution in [0.2, 0.25) is 0 Å². The summed E-state index contributed by atoms with van der Waals surface area (Å²) >= 11 is 0. The van der Waals surface area contributed by atoms with Gasteiger partial charge in [-0.15, -0.1) is 12.4 Å². The number of benzene rings is 1. The summed E-state index contributed by atoms with van der Waals surface area (Å²) in [6.45, 7) is 1.11. The Hall–Kier alpha value is -0.600. The minimum atomic E-state index is -0.101. The highest BCUT2D eigenvalue weighted by Crippen LogP contribution is 2.82. The van der Waals surface area contributed by atoms with Gasteiger partial charge in [-0.25, -0.2) is 4.39 Å². The molecule has 124 valence electrons. The molecule has 2 bridgehead atoms. The molecule has 0 aliphatic heterocycles. The van der Waals surface area contributed by atoms with Gasteiger partial charge in [-0.1, -0.05) is 12.1 Å². The standard InChI is InChI=1S/C20H24FN.ClH/c21-11-5-1-3-10(7-11)4-2-6-22-20-17-13-9-14-16-12(13)8-15(17)18(16)19(14)20;/h1,3,5,7,12-20,22H,2,4,6,8-9H2;1H/t12-,13-,14+,15+,16+,17-,18-,19-,20-;/m0./s1. The average molecular weight is 334 g/mol. The molecule has 23 heavy (non-hydrogen) atoms. The minimum Gasteiger partial charge on any atom is -0.313 e. The molecular formula is C20H25ClFN. The van der Waals surface area contributed by atoms with E-state index in [1.54, 1.807) is 18.9 Å². The molecule has 5 fully saturated rings. The van der Waals surface area contributed by atoms with Gasteiger partial charge in [-0.2, -0.15) is 0 Å². The first-order valence-electron chi connectivity index (χ1n) is 9.31. The van der Waals surface area contributed by atoms with Crippen molar-refractivity contribution in [3.8, 4) is 0 Å². The number of aryl methyl sites for hydroxylation is 1. The lowest BCUT2D eigenvalue weighted by Crippen LogP contribution is -2.51. The molecule has 0 radical (unpaired) electrons. The van der Waals surface area contributed by atoms with Gasteiger partial charge in [0.05, 0.1) is 0 Å². The maximum Gasteiger partial charge on any atom is 0.123 e. The van der Waals surface area contributed by atoms with Crippen LogP contribution in [0.15, 0.2) is 24.3 Å². The third-order valence-electron chi connectivity index (χ3n) is 8.23. The zero-order valence-electron chi connectivity index (χ0n) is 13.3. The quantitative estimate of drug-likeness (QED) is 0.805. The fourth-order valence-corrected chi connectivity index (χ4v) is 8.00. The van der Waals surface area contributed by atoms with Gasteiger partial charge in [0.15, 0.2) is 0 Å². The van der Waals surface area contributed by atoms with E-state index in [2.05, 4.69) is 5.32 Å². The third kappa shape index (κ3) is 1.72. The number of hydrogen-bond acceptors (Lipinski definition) is 1. The Morgan fingerprint density at radius 3 is 2.57 bits per heavy atom. The summed E-state index contributed by atoms with van der Waals surface area (Å²) in [6, 6.07) is 7.93. The molecule has 0 heterocycles. The molecule has 1 nitrogen and oxygen atoms in total. The Morgan fingerprint density at radius 2 is 1.74 bits per heavy atom. The summed E-state index contributed by atoms with van der Waals surface area (Å²) in [4.78, 5) is 0. The summed E-state index contributed by atoms with van der Waals surface area (Å²) in [5.41, 5.74) is 1.14. The number of fused-ring (bicyclic) bond motifs is 2. The predicted molar refractivity (Wildman–Crippen MR) is 90.9 cm³/mol. The molecule has 0 unspecified atom stereocenters. The Bertz CT molecular complexity index is 628. The van der Waals surface area contributed by atoms with E-state index in [1.165, 1.54) is 6.07 Å². The lowest BCUT2D eigenvalue weighted by Gasteiger charge is -2.48. The van der Waals surface area contributed by atoms with Crippen molar-refractivity contribution in [3.63, 3.8) is 0 Å². The minimum absolute atomic E-state index is 0. The van der Waals surface area contributed by atoms with E-state index in [9.17, 15) is 4.39 Å². The van der Waals surface area contributed by atoms with E-state index in [0.717, 1.165) is 78.3 Å². The summed E-state index contributed by atoms with van der Waals surface area (Å²) in [5.74, 6) is 8.69. The normalized spacial score (nSPS) is 49.5. The van der Waals surface area contributed by atoms with E-state index in [1.807, 2.05) is 12.1 Å². The van der Waals surface area contributed by atoms with Crippen molar-refractivity contribution in [2.75, 3.05) is 6.54 Å². The maximum atomic E-state index is 13.2. The number of rotatable bonds is 5. The van der Waals surface area contributed by atoms with Gasteiger partial charge < -0.3 is 5.32 Å². The second kappa shape index (κ2) is 4.95. The molecule has 1 aromatic carbocycles. The SMILES string of the molecule is Cl.Fc1cccc(CCCN[C@H]2[C@@H]3[C@H]4C[C@H]5[C@@H]3C[C@@H]3[C@@H]5[C@H]4[C@H]32)c1. The van der Waals surface area contributed by atoms with E-state index in [0.29, 0.717) is 0 Å². The highest BCUT2D eigenvalue weighted by molar-refractivity contribution is 5.85. The summed E-state index contributed by atoms with van der Waals surface area (Å²) < 4.78 is 13.2. The Balaban J connectivity index is 0.00000121. The lowest BCUT2D eigenvalue weighted by atomic mass is 9.59. The summed E-state index contributed by atoms with van der Waals surface area (Å²) in [6.07, 6.45) is 5.30. The van der Waals surface area contributed by atoms with E-state index in [-0.39, 0.29) is 18.2 Å². The number of halogens is 2. The molecule has 5 aliphatic rings. The van der Waals surface area contributed by atoms with Gasteiger partial charge in [0, 0.05) is 6.04 Å². The molecule has 5 aliphatic carbocycles. The van der Waals surface area contributed by atoms with Crippen LogP contribution in [-0.4, -0.2) is 12.6 Å². The van der Waals surface area contributed by atoms with Crippen LogP contribution in [0.3, 0.4) is 0 Å². The molecular weight excluding hydrogens is 309 g/mol. The maximum absolute atomic E-state index is 13.2. The summed E-state index contributed by atoms with van der Waals surface area (Å²) in [7, 11) is 0. The molecule has 1 aromatic rings. The third-order valence-corrected chi connectivity index (χ3v) is 8.23. The van der Waals surface area contributed by atoms with Gasteiger partial charge in [0.2, 0.25) is 0 Å². The molecule has 9 atom stereocenters. The molecule has 0 spiro atoms. The van der Waals surface area contributed by atoms with Gasteiger partial charge in [0.1, 0.15) is 5.82 Å². The number of hydrogen-bond donors (Lipinski definition) is 1. The van der Waals surface area contributed by atoms with Gasteiger partial charge in [0.25, 0.3) is 0 Å². The first-order valence-corrected chi connectivity index (χ1v) is 9.31. The van der Waals surface area contributed by atoms with E-state index >= 15 is 0 Å². The van der Waals surface area contributed by atoms with Crippen LogP contribution in [0.25, 0.3) is 0 Å². The zero-order valence-corrected chi connectivity index (χ0v) is 14.1. The fraction of sp³-hybridized carbons (Fsp3) is 0.700. The van der Waals surface area contributed by atoms with Crippen molar-refractivity contribution in [1.82, 2.24) is 5.32 Å². The second-order valence-corrected chi connectivity index (χ2v) is 8.65. The number of nitrogens with one attached hydrogen (secondary N) is 1. The van der Waals surface area contributed by atoms with Crippen LogP contribution in [-0.2, 0) is 6.42 Å². The highest BCUT2D eigenvalue weighted by Gasteiger charge is 2.80. The first kappa shape index (κ1) is 14.7. The highest BCUT2D eigenvalue weighted by atomic mass is 35.5. The molecule has 3 heteroatoms. The lowest BCUT2D eigenvalue weighted by molar-refractivity contribution is 0.00979. The van der Waals surface area contributed by atoms with Gasteiger partial charge in [-0.05, 0) is 97.3 Å². The molecule has 0 saturated heterocycles. The van der Waals surface area contributed by atoms with Gasteiger partial charge in [-0.3, -0.25) is 0 Å². The molecule has 5 saturated carbocycles. The Kier molecular flexibility index (Phi) is 3.17. The first-order chi connectivity index (χ1) is 10.8. The van der Waals surface area contributed by atoms with Crippen LogP contribution in [0.5, 0.6) is 0 Å². The zero-order chi connectivity index (χ0) is 14.4. The molecule has 6 rings (SSSR count). The summed E-state index contributed by atoms with van der Waals surface area (Å²) in [5, 5.41) is 3.95. The van der Waals surface area contributed by atoms with Crippen molar-refractivity contribution in [1.29, 1.82) is 0 Å². The van der Waals surface area contributed by atoms with Crippen molar-refractivity contribution >= 4 is 12.4 Å². The Morgan fingerprint density at radius 1 is 0.957 bits per heavy atom. The molecule has 1 N–H and O–H groups in total. The smallest absolute Gasteiger partial charge is 0.123 e. The average Bonchev–Trinajstić information content (AvgIpc) is 3.03. The van der Waals surface area contributed by atoms with Crippen molar-refractivity contribution in [3.05, 3.63) is 35.6 Å². The van der Waals surface area contributed by atoms with Crippen LogP contribution in [0.1, 0.15) is 24.8 Å². The molecule has 0 amide bonds.